The van der Waals surface area contributed by atoms with Crippen LogP contribution in [0.2, 0.25) is 0 Å². The first kappa shape index (κ1) is 13.0. The largest absolute Gasteiger partial charge is 0.401 e. The molecule has 0 aliphatic heterocycles. The zero-order valence-corrected chi connectivity index (χ0v) is 8.88. The van der Waals surface area contributed by atoms with Crippen LogP contribution in [0.3, 0.4) is 0 Å². The molecule has 1 unspecified atom stereocenters. The maximum atomic E-state index is 12.0. The first-order chi connectivity index (χ1) is 7.42. The Morgan fingerprint density at radius 2 is 1.81 bits per heavy atom. The van der Waals surface area contributed by atoms with Crippen molar-refractivity contribution in [1.29, 1.82) is 0 Å². The Balaban J connectivity index is 2.64. The van der Waals surface area contributed by atoms with E-state index in [9.17, 15) is 13.2 Å². The molecule has 0 fully saturated rings. The van der Waals surface area contributed by atoms with E-state index in [1.165, 1.54) is 0 Å². The molecule has 2 N–H and O–H groups in total. The Morgan fingerprint density at radius 3 is 2.25 bits per heavy atom. The average Bonchev–Trinajstić information content (AvgIpc) is 2.20. The second kappa shape index (κ2) is 5.32. The van der Waals surface area contributed by atoms with Gasteiger partial charge in [-0.2, -0.15) is 13.2 Å². The molecule has 1 atom stereocenters. The van der Waals surface area contributed by atoms with Crippen LogP contribution in [0.25, 0.3) is 0 Å². The fraction of sp³-hybridized carbons (Fsp3) is 0.455. The van der Waals surface area contributed by atoms with E-state index in [4.69, 9.17) is 5.11 Å². The van der Waals surface area contributed by atoms with Crippen molar-refractivity contribution in [2.75, 3.05) is 13.2 Å². The lowest BCUT2D eigenvalue weighted by molar-refractivity contribution is -0.126. The van der Waals surface area contributed by atoms with E-state index in [2.05, 4.69) is 5.32 Å². The number of hydrogen-bond acceptors (Lipinski definition) is 2. The Labute approximate surface area is 92.1 Å². The van der Waals surface area contributed by atoms with Gasteiger partial charge >= 0.3 is 6.18 Å². The zero-order valence-electron chi connectivity index (χ0n) is 8.88. The molecule has 0 saturated heterocycles. The van der Waals surface area contributed by atoms with Crippen LogP contribution >= 0.6 is 0 Å². The van der Waals surface area contributed by atoms with E-state index >= 15 is 0 Å². The molecule has 0 aliphatic rings. The molecular weight excluding hydrogens is 219 g/mol. The van der Waals surface area contributed by atoms with Crippen LogP contribution in [0.15, 0.2) is 24.3 Å². The fourth-order valence-electron chi connectivity index (χ4n) is 1.33. The molecule has 5 heteroatoms. The molecule has 1 aromatic carbocycles. The lowest BCUT2D eigenvalue weighted by atomic mass is 10.1. The summed E-state index contributed by atoms with van der Waals surface area (Å²) in [7, 11) is 0. The molecule has 1 aromatic rings. The molecule has 0 aromatic heterocycles. The monoisotopic (exact) mass is 233 g/mol. The summed E-state index contributed by atoms with van der Waals surface area (Å²) in [6, 6.07) is 6.34. The van der Waals surface area contributed by atoms with Crippen molar-refractivity contribution in [3.05, 3.63) is 35.4 Å². The number of aliphatic hydroxyl groups is 1. The highest BCUT2D eigenvalue weighted by atomic mass is 19.4. The van der Waals surface area contributed by atoms with E-state index in [-0.39, 0.29) is 6.61 Å². The Kier molecular flexibility index (Phi) is 4.32. The number of rotatable bonds is 4. The van der Waals surface area contributed by atoms with Gasteiger partial charge in [-0.25, -0.2) is 0 Å². The molecule has 0 amide bonds. The summed E-state index contributed by atoms with van der Waals surface area (Å²) < 4.78 is 36.0. The number of benzene rings is 1. The van der Waals surface area contributed by atoms with Gasteiger partial charge < -0.3 is 5.11 Å². The highest BCUT2D eigenvalue weighted by molar-refractivity contribution is 5.24. The van der Waals surface area contributed by atoms with Gasteiger partial charge in [0, 0.05) is 0 Å². The van der Waals surface area contributed by atoms with Crippen molar-refractivity contribution in [2.45, 2.75) is 19.1 Å². The van der Waals surface area contributed by atoms with Crippen molar-refractivity contribution in [2.24, 2.45) is 0 Å². The number of aliphatic hydroxyl groups excluding tert-OH is 1. The number of nitrogens with one attached hydrogen (secondary N) is 1. The first-order valence-electron chi connectivity index (χ1n) is 4.90. The van der Waals surface area contributed by atoms with Gasteiger partial charge in [0.2, 0.25) is 0 Å². The smallest absolute Gasteiger partial charge is 0.394 e. The van der Waals surface area contributed by atoms with Crippen LogP contribution in [-0.4, -0.2) is 24.4 Å². The lowest BCUT2D eigenvalue weighted by Gasteiger charge is -2.18. The third kappa shape index (κ3) is 4.20. The molecule has 16 heavy (non-hydrogen) atoms. The molecule has 0 aliphatic carbocycles. The van der Waals surface area contributed by atoms with Crippen molar-refractivity contribution in [3.63, 3.8) is 0 Å². The molecule has 90 valence electrons. The standard InChI is InChI=1S/C11H14F3NO/c1-8-2-4-9(5-3-8)10(6-16)15-7-11(12,13)14/h2-5,10,15-16H,6-7H2,1H3. The minimum absolute atomic E-state index is 0.362. The quantitative estimate of drug-likeness (QED) is 0.835. The number of alkyl halides is 3. The van der Waals surface area contributed by atoms with Crippen LogP contribution in [0, 0.1) is 6.92 Å². The summed E-state index contributed by atoms with van der Waals surface area (Å²) in [5.74, 6) is 0. The topological polar surface area (TPSA) is 32.3 Å². The molecule has 0 spiro atoms. The highest BCUT2D eigenvalue weighted by Gasteiger charge is 2.28. The van der Waals surface area contributed by atoms with E-state index in [1.807, 2.05) is 6.92 Å². The first-order valence-corrected chi connectivity index (χ1v) is 4.90. The van der Waals surface area contributed by atoms with Gasteiger partial charge in [0.15, 0.2) is 0 Å². The molecule has 0 saturated carbocycles. The average molecular weight is 233 g/mol. The predicted molar refractivity (Wildman–Crippen MR) is 55.1 cm³/mol. The lowest BCUT2D eigenvalue weighted by Crippen LogP contribution is -2.33. The zero-order chi connectivity index (χ0) is 12.2. The summed E-state index contributed by atoms with van der Waals surface area (Å²) in [4.78, 5) is 0. The van der Waals surface area contributed by atoms with E-state index in [0.29, 0.717) is 5.56 Å². The summed E-state index contributed by atoms with van der Waals surface area (Å²) >= 11 is 0. The second-order valence-corrected chi connectivity index (χ2v) is 3.64. The van der Waals surface area contributed by atoms with Gasteiger partial charge in [-0.1, -0.05) is 29.8 Å². The summed E-state index contributed by atoms with van der Waals surface area (Å²) in [6.45, 7) is 0.423. The molecular formula is C11H14F3NO. The van der Waals surface area contributed by atoms with Gasteiger partial charge in [0.1, 0.15) is 0 Å². The highest BCUT2D eigenvalue weighted by Crippen LogP contribution is 2.17. The molecule has 1 rings (SSSR count). The SMILES string of the molecule is Cc1ccc(C(CO)NCC(F)(F)F)cc1. The van der Waals surface area contributed by atoms with E-state index in [0.717, 1.165) is 5.56 Å². The van der Waals surface area contributed by atoms with Crippen molar-refractivity contribution in [1.82, 2.24) is 5.32 Å². The van der Waals surface area contributed by atoms with E-state index in [1.54, 1.807) is 24.3 Å². The maximum Gasteiger partial charge on any atom is 0.401 e. The van der Waals surface area contributed by atoms with Crippen molar-refractivity contribution in [3.8, 4) is 0 Å². The van der Waals surface area contributed by atoms with Crippen LogP contribution in [0.4, 0.5) is 13.2 Å². The van der Waals surface area contributed by atoms with Gasteiger partial charge in [-0.15, -0.1) is 0 Å². The van der Waals surface area contributed by atoms with Gasteiger partial charge in [-0.05, 0) is 12.5 Å². The Morgan fingerprint density at radius 1 is 1.25 bits per heavy atom. The van der Waals surface area contributed by atoms with Gasteiger partial charge in [0.05, 0.1) is 19.2 Å². The van der Waals surface area contributed by atoms with E-state index < -0.39 is 18.8 Å². The normalized spacial score (nSPS) is 13.8. The number of halogens is 3. The van der Waals surface area contributed by atoms with Crippen molar-refractivity contribution < 1.29 is 18.3 Å². The molecule has 0 radical (unpaired) electrons. The summed E-state index contributed by atoms with van der Waals surface area (Å²) in [6.07, 6.45) is -4.27. The minimum atomic E-state index is -4.27. The minimum Gasteiger partial charge on any atom is -0.394 e. The maximum absolute atomic E-state index is 12.0. The van der Waals surface area contributed by atoms with Crippen LogP contribution < -0.4 is 5.32 Å². The number of aryl methyl sites for hydroxylation is 1. The fourth-order valence-corrected chi connectivity index (χ4v) is 1.33. The van der Waals surface area contributed by atoms with Gasteiger partial charge in [-0.3, -0.25) is 5.32 Å². The van der Waals surface area contributed by atoms with Crippen LogP contribution in [-0.2, 0) is 0 Å². The van der Waals surface area contributed by atoms with Crippen LogP contribution in [0.5, 0.6) is 0 Å². The molecule has 2 nitrogen and oxygen atoms in total. The molecule has 0 bridgehead atoms. The number of hydrogen-bond donors (Lipinski definition) is 2. The Hall–Kier alpha value is -1.07. The third-order valence-electron chi connectivity index (χ3n) is 2.21. The molecule has 0 heterocycles. The summed E-state index contributed by atoms with van der Waals surface area (Å²) in [5, 5.41) is 11.3. The van der Waals surface area contributed by atoms with Gasteiger partial charge in [0.25, 0.3) is 0 Å². The predicted octanol–water partition coefficient (Wildman–Crippen LogP) is 2.18. The summed E-state index contributed by atoms with van der Waals surface area (Å²) in [5.41, 5.74) is 1.67. The Bertz CT molecular complexity index is 321. The van der Waals surface area contributed by atoms with Crippen LogP contribution in [0.1, 0.15) is 17.2 Å². The van der Waals surface area contributed by atoms with Crippen molar-refractivity contribution >= 4 is 0 Å². The third-order valence-corrected chi connectivity index (χ3v) is 2.21. The second-order valence-electron chi connectivity index (χ2n) is 3.64.